The highest BCUT2D eigenvalue weighted by molar-refractivity contribution is 9.10. The number of aromatic carboxylic acids is 1. The Morgan fingerprint density at radius 3 is 2.63 bits per heavy atom. The lowest BCUT2D eigenvalue weighted by atomic mass is 10.2. The second-order valence-electron chi connectivity index (χ2n) is 3.69. The highest BCUT2D eigenvalue weighted by Gasteiger charge is 2.23. The number of nitrogens with zero attached hydrogens (tertiary/aromatic N) is 2. The predicted molar refractivity (Wildman–Crippen MR) is 71.1 cm³/mol. The molecule has 0 radical (unpaired) electrons. The molecule has 1 N–H and O–H groups in total. The second-order valence-corrected chi connectivity index (χ2v) is 6.55. The molecule has 1 aromatic carbocycles. The number of halogens is 1. The normalized spacial score (nSPS) is 11.3. The quantitative estimate of drug-likeness (QED) is 0.874. The van der Waals surface area contributed by atoms with Crippen LogP contribution in [0.4, 0.5) is 0 Å². The summed E-state index contributed by atoms with van der Waals surface area (Å²) in [5.74, 6) is -1.14. The number of rotatable bonds is 5. The third-order valence-electron chi connectivity index (χ3n) is 2.41. The van der Waals surface area contributed by atoms with Crippen molar-refractivity contribution in [2.24, 2.45) is 0 Å². The largest absolute Gasteiger partial charge is 0.478 e. The van der Waals surface area contributed by atoms with Gasteiger partial charge in [-0.2, -0.15) is 9.57 Å². The molecule has 8 heteroatoms. The van der Waals surface area contributed by atoms with Gasteiger partial charge in [-0.25, -0.2) is 13.2 Å². The van der Waals surface area contributed by atoms with Gasteiger partial charge in [0.05, 0.1) is 16.5 Å². The molecule has 0 aromatic heterocycles. The van der Waals surface area contributed by atoms with Crippen molar-refractivity contribution in [3.63, 3.8) is 0 Å². The first-order chi connectivity index (χ1) is 8.80. The van der Waals surface area contributed by atoms with Gasteiger partial charge in [0.15, 0.2) is 0 Å². The van der Waals surface area contributed by atoms with Crippen LogP contribution in [0.15, 0.2) is 27.6 Å². The van der Waals surface area contributed by atoms with E-state index in [0.717, 1.165) is 4.31 Å². The number of carbonyl (C=O) groups is 1. The number of hydrogen-bond acceptors (Lipinski definition) is 4. The summed E-state index contributed by atoms with van der Waals surface area (Å²) in [6, 6.07) is 5.54. The summed E-state index contributed by atoms with van der Waals surface area (Å²) in [4.78, 5) is 10.7. The van der Waals surface area contributed by atoms with Crippen LogP contribution in [0.25, 0.3) is 0 Å². The molecular weight excluding hydrogens is 336 g/mol. The molecule has 0 amide bonds. The molecule has 102 valence electrons. The van der Waals surface area contributed by atoms with Gasteiger partial charge in [0, 0.05) is 24.5 Å². The van der Waals surface area contributed by atoms with Crippen LogP contribution in [-0.2, 0) is 10.0 Å². The number of hydrogen-bond donors (Lipinski definition) is 1. The van der Waals surface area contributed by atoms with Gasteiger partial charge in [-0.15, -0.1) is 0 Å². The Morgan fingerprint density at radius 1 is 1.53 bits per heavy atom. The Hall–Kier alpha value is -1.43. The summed E-state index contributed by atoms with van der Waals surface area (Å²) in [5, 5.41) is 17.3. The van der Waals surface area contributed by atoms with E-state index in [1.165, 1.54) is 25.2 Å². The molecule has 6 nitrogen and oxygen atoms in total. The fraction of sp³-hybridized carbons (Fsp3) is 0.273. The number of carboxylic acids is 1. The molecule has 0 unspecified atom stereocenters. The van der Waals surface area contributed by atoms with Gasteiger partial charge in [-0.05, 0) is 34.1 Å². The van der Waals surface area contributed by atoms with Gasteiger partial charge in [-0.1, -0.05) is 0 Å². The lowest BCUT2D eigenvalue weighted by molar-refractivity contribution is 0.0696. The van der Waals surface area contributed by atoms with E-state index in [0.29, 0.717) is 0 Å². The molecule has 1 rings (SSSR count). The third kappa shape index (κ3) is 3.53. The van der Waals surface area contributed by atoms with Gasteiger partial charge < -0.3 is 5.11 Å². The van der Waals surface area contributed by atoms with Crippen LogP contribution in [0.5, 0.6) is 0 Å². The Balaban J connectivity index is 3.16. The van der Waals surface area contributed by atoms with Gasteiger partial charge in [0.25, 0.3) is 0 Å². The molecule has 0 bridgehead atoms. The number of nitriles is 1. The SMILES string of the molecule is CN(CCC#N)S(=O)(=O)c1ccc(C(=O)O)cc1Br. The van der Waals surface area contributed by atoms with Gasteiger partial charge in [0.2, 0.25) is 10.0 Å². The van der Waals surface area contributed by atoms with Crippen LogP contribution in [0.3, 0.4) is 0 Å². The summed E-state index contributed by atoms with van der Waals surface area (Å²) in [6.45, 7) is 0.0754. The first-order valence-corrected chi connectivity index (χ1v) is 7.40. The monoisotopic (exact) mass is 346 g/mol. The van der Waals surface area contributed by atoms with E-state index in [1.54, 1.807) is 0 Å². The van der Waals surface area contributed by atoms with Gasteiger partial charge >= 0.3 is 5.97 Å². The Morgan fingerprint density at radius 2 is 2.16 bits per heavy atom. The molecular formula is C11H11BrN2O4S. The first kappa shape index (κ1) is 15.6. The van der Waals surface area contributed by atoms with E-state index in [9.17, 15) is 13.2 Å². The standard InChI is InChI=1S/C11H11BrN2O4S/c1-14(6-2-5-13)19(17,18)10-4-3-8(11(15)16)7-9(10)12/h3-4,7H,2,6H2,1H3,(H,15,16). The predicted octanol–water partition coefficient (Wildman–Crippen LogP) is 1.68. The summed E-state index contributed by atoms with van der Waals surface area (Å²) < 4.78 is 25.6. The zero-order valence-electron chi connectivity index (χ0n) is 10.00. The van der Waals surface area contributed by atoms with Crippen molar-refractivity contribution in [3.05, 3.63) is 28.2 Å². The van der Waals surface area contributed by atoms with Crippen molar-refractivity contribution in [1.82, 2.24) is 4.31 Å². The Kier molecular flexibility index (Phi) is 5.05. The minimum atomic E-state index is -3.74. The first-order valence-electron chi connectivity index (χ1n) is 5.17. The minimum Gasteiger partial charge on any atom is -0.478 e. The van der Waals surface area contributed by atoms with Crippen LogP contribution in [0.2, 0.25) is 0 Å². The molecule has 0 aliphatic rings. The van der Waals surface area contributed by atoms with E-state index in [4.69, 9.17) is 10.4 Å². The van der Waals surface area contributed by atoms with E-state index < -0.39 is 16.0 Å². The lowest BCUT2D eigenvalue weighted by Gasteiger charge is -2.16. The molecule has 1 aromatic rings. The van der Waals surface area contributed by atoms with Crippen molar-refractivity contribution in [2.75, 3.05) is 13.6 Å². The highest BCUT2D eigenvalue weighted by atomic mass is 79.9. The topological polar surface area (TPSA) is 98.5 Å². The summed E-state index contributed by atoms with van der Waals surface area (Å²) in [5.41, 5.74) is -0.00879. The van der Waals surface area contributed by atoms with Crippen molar-refractivity contribution < 1.29 is 18.3 Å². The molecule has 0 saturated carbocycles. The average molecular weight is 347 g/mol. The average Bonchev–Trinajstić information content (AvgIpc) is 2.35. The Labute approximate surface area is 119 Å². The molecule has 0 saturated heterocycles. The molecule has 0 aliphatic carbocycles. The fourth-order valence-electron chi connectivity index (χ4n) is 1.34. The zero-order valence-corrected chi connectivity index (χ0v) is 12.4. The Bertz CT molecular complexity index is 637. The zero-order chi connectivity index (χ0) is 14.6. The molecule has 0 atom stereocenters. The second kappa shape index (κ2) is 6.14. The molecule has 19 heavy (non-hydrogen) atoms. The van der Waals surface area contributed by atoms with Crippen LogP contribution in [0.1, 0.15) is 16.8 Å². The maximum absolute atomic E-state index is 12.2. The molecule has 0 aliphatic heterocycles. The fourth-order valence-corrected chi connectivity index (χ4v) is 3.54. The van der Waals surface area contributed by atoms with E-state index in [-0.39, 0.29) is 27.9 Å². The van der Waals surface area contributed by atoms with Crippen molar-refractivity contribution in [1.29, 1.82) is 5.26 Å². The van der Waals surface area contributed by atoms with Crippen LogP contribution in [-0.4, -0.2) is 37.4 Å². The molecule has 0 fully saturated rings. The van der Waals surface area contributed by atoms with Crippen LogP contribution in [0, 0.1) is 11.3 Å². The van der Waals surface area contributed by atoms with Crippen LogP contribution >= 0.6 is 15.9 Å². The lowest BCUT2D eigenvalue weighted by Crippen LogP contribution is -2.28. The number of benzene rings is 1. The summed E-state index contributed by atoms with van der Waals surface area (Å²) in [6.07, 6.45) is 0.0839. The summed E-state index contributed by atoms with van der Waals surface area (Å²) >= 11 is 3.05. The van der Waals surface area contributed by atoms with Crippen LogP contribution < -0.4 is 0 Å². The summed E-state index contributed by atoms with van der Waals surface area (Å²) in [7, 11) is -2.38. The number of sulfonamides is 1. The van der Waals surface area contributed by atoms with E-state index in [2.05, 4.69) is 15.9 Å². The smallest absolute Gasteiger partial charge is 0.335 e. The minimum absolute atomic E-state index is 0.00879. The van der Waals surface area contributed by atoms with Gasteiger partial charge in [0.1, 0.15) is 0 Å². The highest BCUT2D eigenvalue weighted by Crippen LogP contribution is 2.25. The van der Waals surface area contributed by atoms with Crippen molar-refractivity contribution >= 4 is 31.9 Å². The maximum atomic E-state index is 12.2. The van der Waals surface area contributed by atoms with Gasteiger partial charge in [-0.3, -0.25) is 0 Å². The maximum Gasteiger partial charge on any atom is 0.335 e. The molecule has 0 heterocycles. The number of carboxylic acid groups (broad SMARTS) is 1. The van der Waals surface area contributed by atoms with E-state index in [1.807, 2.05) is 6.07 Å². The van der Waals surface area contributed by atoms with Crippen molar-refractivity contribution in [2.45, 2.75) is 11.3 Å². The van der Waals surface area contributed by atoms with Crippen molar-refractivity contribution in [3.8, 4) is 6.07 Å². The third-order valence-corrected chi connectivity index (χ3v) is 5.24. The van der Waals surface area contributed by atoms with E-state index >= 15 is 0 Å². The molecule has 0 spiro atoms.